The van der Waals surface area contributed by atoms with E-state index in [0.29, 0.717) is 12.1 Å². The summed E-state index contributed by atoms with van der Waals surface area (Å²) in [4.78, 5) is 13.6. The van der Waals surface area contributed by atoms with Crippen LogP contribution in [0.15, 0.2) is 48.5 Å². The number of anilines is 1. The van der Waals surface area contributed by atoms with Crippen molar-refractivity contribution in [3.63, 3.8) is 0 Å². The lowest BCUT2D eigenvalue weighted by molar-refractivity contribution is -0.128. The second kappa shape index (κ2) is 7.23. The SMILES string of the molecule is CN(Cc1ccc(F)cc1)C(=O)CNc1ccc(C#N)cc1. The van der Waals surface area contributed by atoms with Gasteiger partial charge < -0.3 is 10.2 Å². The zero-order chi connectivity index (χ0) is 15.9. The van der Waals surface area contributed by atoms with Crippen LogP contribution in [0.1, 0.15) is 11.1 Å². The first-order valence-corrected chi connectivity index (χ1v) is 6.81. The second-order valence-electron chi connectivity index (χ2n) is 4.92. The van der Waals surface area contributed by atoms with Gasteiger partial charge >= 0.3 is 0 Å². The molecule has 0 aliphatic carbocycles. The highest BCUT2D eigenvalue weighted by Crippen LogP contribution is 2.09. The lowest BCUT2D eigenvalue weighted by atomic mass is 10.2. The third-order valence-electron chi connectivity index (χ3n) is 3.22. The average molecular weight is 297 g/mol. The Labute approximate surface area is 128 Å². The fourth-order valence-corrected chi connectivity index (χ4v) is 1.93. The van der Waals surface area contributed by atoms with E-state index in [1.54, 1.807) is 48.3 Å². The van der Waals surface area contributed by atoms with E-state index in [4.69, 9.17) is 5.26 Å². The van der Waals surface area contributed by atoms with Crippen LogP contribution < -0.4 is 5.32 Å². The maximum absolute atomic E-state index is 12.8. The lowest BCUT2D eigenvalue weighted by Gasteiger charge is -2.18. The van der Waals surface area contributed by atoms with Gasteiger partial charge in [0.25, 0.3) is 0 Å². The smallest absolute Gasteiger partial charge is 0.241 e. The van der Waals surface area contributed by atoms with E-state index in [2.05, 4.69) is 5.32 Å². The maximum Gasteiger partial charge on any atom is 0.241 e. The van der Waals surface area contributed by atoms with Gasteiger partial charge in [0.1, 0.15) is 5.82 Å². The summed E-state index contributed by atoms with van der Waals surface area (Å²) in [5.74, 6) is -0.367. The van der Waals surface area contributed by atoms with E-state index in [-0.39, 0.29) is 18.3 Å². The summed E-state index contributed by atoms with van der Waals surface area (Å²) >= 11 is 0. The molecule has 1 amide bonds. The molecule has 0 saturated heterocycles. The molecule has 0 aliphatic rings. The van der Waals surface area contributed by atoms with Crippen molar-refractivity contribution in [1.82, 2.24) is 4.90 Å². The molecule has 22 heavy (non-hydrogen) atoms. The van der Waals surface area contributed by atoms with Crippen molar-refractivity contribution in [1.29, 1.82) is 5.26 Å². The molecule has 112 valence electrons. The summed E-state index contributed by atoms with van der Waals surface area (Å²) < 4.78 is 12.8. The van der Waals surface area contributed by atoms with Gasteiger partial charge in [-0.3, -0.25) is 4.79 Å². The minimum absolute atomic E-state index is 0.0753. The van der Waals surface area contributed by atoms with E-state index < -0.39 is 0 Å². The molecule has 0 aliphatic heterocycles. The van der Waals surface area contributed by atoms with E-state index in [1.807, 2.05) is 6.07 Å². The first-order valence-electron chi connectivity index (χ1n) is 6.81. The van der Waals surface area contributed by atoms with E-state index >= 15 is 0 Å². The van der Waals surface area contributed by atoms with Crippen molar-refractivity contribution in [2.75, 3.05) is 18.9 Å². The Bertz CT molecular complexity index is 675. The number of nitrogens with zero attached hydrogens (tertiary/aromatic N) is 2. The molecule has 0 atom stereocenters. The summed E-state index contributed by atoms with van der Waals surface area (Å²) in [6.45, 7) is 0.581. The van der Waals surface area contributed by atoms with Gasteiger partial charge in [0.05, 0.1) is 18.2 Å². The fraction of sp³-hybridized carbons (Fsp3) is 0.176. The van der Waals surface area contributed by atoms with Gasteiger partial charge in [0.15, 0.2) is 0 Å². The molecule has 0 fully saturated rings. The maximum atomic E-state index is 12.8. The molecule has 0 radical (unpaired) electrons. The van der Waals surface area contributed by atoms with Gasteiger partial charge in [-0.25, -0.2) is 4.39 Å². The van der Waals surface area contributed by atoms with E-state index in [1.165, 1.54) is 12.1 Å². The van der Waals surface area contributed by atoms with Crippen molar-refractivity contribution < 1.29 is 9.18 Å². The molecule has 0 saturated carbocycles. The molecule has 2 aromatic carbocycles. The minimum atomic E-state index is -0.291. The predicted molar refractivity (Wildman–Crippen MR) is 82.5 cm³/mol. The normalized spacial score (nSPS) is 9.86. The van der Waals surface area contributed by atoms with Crippen LogP contribution in [0, 0.1) is 17.1 Å². The van der Waals surface area contributed by atoms with E-state index in [9.17, 15) is 9.18 Å². The molecular weight excluding hydrogens is 281 g/mol. The third-order valence-corrected chi connectivity index (χ3v) is 3.22. The highest BCUT2D eigenvalue weighted by molar-refractivity contribution is 5.80. The number of nitriles is 1. The summed E-state index contributed by atoms with van der Waals surface area (Å²) in [6, 6.07) is 15.0. The largest absolute Gasteiger partial charge is 0.376 e. The Morgan fingerprint density at radius 1 is 1.18 bits per heavy atom. The van der Waals surface area contributed by atoms with E-state index in [0.717, 1.165) is 11.3 Å². The first kappa shape index (κ1) is 15.5. The molecule has 0 spiro atoms. The quantitative estimate of drug-likeness (QED) is 0.923. The molecule has 0 unspecified atom stereocenters. The number of carbonyl (C=O) groups excluding carboxylic acids is 1. The van der Waals surface area contributed by atoms with Gasteiger partial charge in [-0.15, -0.1) is 0 Å². The topological polar surface area (TPSA) is 56.1 Å². The van der Waals surface area contributed by atoms with Crippen LogP contribution >= 0.6 is 0 Å². The number of rotatable bonds is 5. The molecule has 2 aromatic rings. The van der Waals surface area contributed by atoms with Crippen molar-refractivity contribution in [2.24, 2.45) is 0 Å². The Morgan fingerprint density at radius 2 is 1.82 bits per heavy atom. The number of nitrogens with one attached hydrogen (secondary N) is 1. The van der Waals surface area contributed by atoms with Crippen LogP contribution in [0.3, 0.4) is 0 Å². The van der Waals surface area contributed by atoms with Gasteiger partial charge in [0.2, 0.25) is 5.91 Å². The van der Waals surface area contributed by atoms with Crippen LogP contribution in [-0.2, 0) is 11.3 Å². The summed E-state index contributed by atoms with van der Waals surface area (Å²) in [5, 5.41) is 11.7. The Morgan fingerprint density at radius 3 is 2.41 bits per heavy atom. The molecule has 5 heteroatoms. The van der Waals surface area contributed by atoms with Gasteiger partial charge in [-0.05, 0) is 42.0 Å². The summed E-state index contributed by atoms with van der Waals surface area (Å²) in [7, 11) is 1.70. The second-order valence-corrected chi connectivity index (χ2v) is 4.92. The molecule has 0 heterocycles. The summed E-state index contributed by atoms with van der Waals surface area (Å²) in [5.41, 5.74) is 2.23. The zero-order valence-corrected chi connectivity index (χ0v) is 12.2. The van der Waals surface area contributed by atoms with Crippen LogP contribution in [0.5, 0.6) is 0 Å². The highest BCUT2D eigenvalue weighted by atomic mass is 19.1. The molecule has 4 nitrogen and oxygen atoms in total. The molecule has 0 aromatic heterocycles. The zero-order valence-electron chi connectivity index (χ0n) is 12.2. The molecule has 0 bridgehead atoms. The van der Waals surface area contributed by atoms with Crippen LogP contribution in [-0.4, -0.2) is 24.4 Å². The number of hydrogen-bond donors (Lipinski definition) is 1. The fourth-order valence-electron chi connectivity index (χ4n) is 1.93. The Kier molecular flexibility index (Phi) is 5.10. The van der Waals surface area contributed by atoms with Crippen LogP contribution in [0.25, 0.3) is 0 Å². The Balaban J connectivity index is 1.85. The molecule has 2 rings (SSSR count). The predicted octanol–water partition coefficient (Wildman–Crippen LogP) is 2.77. The Hall–Kier alpha value is -2.87. The number of likely N-dealkylation sites (N-methyl/N-ethyl adjacent to an activating group) is 1. The number of benzene rings is 2. The van der Waals surface area contributed by atoms with Crippen LogP contribution in [0.4, 0.5) is 10.1 Å². The average Bonchev–Trinajstić information content (AvgIpc) is 2.55. The number of carbonyl (C=O) groups is 1. The third kappa shape index (κ3) is 4.32. The minimum Gasteiger partial charge on any atom is -0.376 e. The number of halogens is 1. The van der Waals surface area contributed by atoms with Gasteiger partial charge in [-0.1, -0.05) is 12.1 Å². The number of amides is 1. The standard InChI is InChI=1S/C17H16FN3O/c1-21(12-14-2-6-15(18)7-3-14)17(22)11-20-16-8-4-13(10-19)5-9-16/h2-9,20H,11-12H2,1H3. The molecule has 1 N–H and O–H groups in total. The lowest BCUT2D eigenvalue weighted by Crippen LogP contribution is -2.31. The molecular formula is C17H16FN3O. The van der Waals surface area contributed by atoms with Crippen molar-refractivity contribution in [3.05, 3.63) is 65.5 Å². The summed E-state index contributed by atoms with van der Waals surface area (Å²) in [6.07, 6.45) is 0. The van der Waals surface area contributed by atoms with Crippen LogP contribution in [0.2, 0.25) is 0 Å². The number of hydrogen-bond acceptors (Lipinski definition) is 3. The van der Waals surface area contributed by atoms with Crippen molar-refractivity contribution >= 4 is 11.6 Å². The monoisotopic (exact) mass is 297 g/mol. The van der Waals surface area contributed by atoms with Gasteiger partial charge in [-0.2, -0.15) is 5.26 Å². The first-order chi connectivity index (χ1) is 10.6. The highest BCUT2D eigenvalue weighted by Gasteiger charge is 2.09. The van der Waals surface area contributed by atoms with Crippen molar-refractivity contribution in [3.8, 4) is 6.07 Å². The van der Waals surface area contributed by atoms with Crippen molar-refractivity contribution in [2.45, 2.75) is 6.54 Å². The van der Waals surface area contributed by atoms with Gasteiger partial charge in [0, 0.05) is 19.3 Å².